The van der Waals surface area contributed by atoms with Gasteiger partial charge in [0.1, 0.15) is 11.4 Å². The number of rotatable bonds is 6. The SMILES string of the molecule is COc1ccc(-c2nn(-c3cccc(NC(=O)c4cccc(C(F)(F)F)c4)c3)cc2-c2ccncc2)cc1Cl. The summed E-state index contributed by atoms with van der Waals surface area (Å²) in [6.07, 6.45) is 0.661. The van der Waals surface area contributed by atoms with E-state index >= 15 is 0 Å². The third-order valence-electron chi connectivity index (χ3n) is 5.95. The Kier molecular flexibility index (Phi) is 7.08. The van der Waals surface area contributed by atoms with E-state index in [1.54, 1.807) is 53.5 Å². The quantitative estimate of drug-likeness (QED) is 0.238. The summed E-state index contributed by atoms with van der Waals surface area (Å²) >= 11 is 6.38. The maximum Gasteiger partial charge on any atom is 0.416 e. The number of carbonyl (C=O) groups excluding carboxylic acids is 1. The maximum absolute atomic E-state index is 13.1. The normalized spacial score (nSPS) is 11.3. The highest BCUT2D eigenvalue weighted by atomic mass is 35.5. The van der Waals surface area contributed by atoms with Crippen LogP contribution in [0.3, 0.4) is 0 Å². The van der Waals surface area contributed by atoms with Gasteiger partial charge in [-0.3, -0.25) is 9.78 Å². The first-order chi connectivity index (χ1) is 18.7. The van der Waals surface area contributed by atoms with Crippen LogP contribution in [-0.4, -0.2) is 27.8 Å². The molecule has 1 N–H and O–H groups in total. The zero-order valence-electron chi connectivity index (χ0n) is 20.4. The van der Waals surface area contributed by atoms with Gasteiger partial charge in [0.2, 0.25) is 0 Å². The van der Waals surface area contributed by atoms with Crippen molar-refractivity contribution in [2.45, 2.75) is 6.18 Å². The molecule has 2 aromatic heterocycles. The molecule has 0 radical (unpaired) electrons. The highest BCUT2D eigenvalue weighted by Gasteiger charge is 2.31. The topological polar surface area (TPSA) is 69.0 Å². The monoisotopic (exact) mass is 548 g/mol. The van der Waals surface area contributed by atoms with Gasteiger partial charge in [-0.05, 0) is 72.3 Å². The Bertz CT molecular complexity index is 1650. The number of hydrogen-bond donors (Lipinski definition) is 1. The van der Waals surface area contributed by atoms with E-state index in [1.165, 1.54) is 19.2 Å². The lowest BCUT2D eigenvalue weighted by Crippen LogP contribution is -2.14. The van der Waals surface area contributed by atoms with Gasteiger partial charge in [-0.2, -0.15) is 18.3 Å². The molecule has 5 rings (SSSR count). The van der Waals surface area contributed by atoms with Gasteiger partial charge in [0, 0.05) is 41.0 Å². The van der Waals surface area contributed by atoms with Gasteiger partial charge in [-0.25, -0.2) is 4.68 Å². The number of nitrogens with one attached hydrogen (secondary N) is 1. The molecular weight excluding hydrogens is 529 g/mol. The fourth-order valence-electron chi connectivity index (χ4n) is 4.04. The average molecular weight is 549 g/mol. The van der Waals surface area contributed by atoms with Crippen molar-refractivity contribution in [1.29, 1.82) is 0 Å². The van der Waals surface area contributed by atoms with Crippen LogP contribution in [0.5, 0.6) is 5.75 Å². The summed E-state index contributed by atoms with van der Waals surface area (Å²) in [6, 6.07) is 20.2. The Morgan fingerprint density at radius 1 is 0.949 bits per heavy atom. The summed E-state index contributed by atoms with van der Waals surface area (Å²) in [5.41, 5.74) is 3.14. The van der Waals surface area contributed by atoms with E-state index in [4.69, 9.17) is 21.4 Å². The van der Waals surface area contributed by atoms with Crippen LogP contribution in [0.2, 0.25) is 5.02 Å². The Balaban J connectivity index is 1.50. The molecular formula is C29H20ClF3N4O2. The molecule has 0 aliphatic heterocycles. The molecule has 0 aliphatic rings. The number of amides is 1. The van der Waals surface area contributed by atoms with Crippen LogP contribution < -0.4 is 10.1 Å². The molecule has 0 bridgehead atoms. The number of alkyl halides is 3. The predicted molar refractivity (Wildman–Crippen MR) is 143 cm³/mol. The molecule has 0 saturated carbocycles. The first kappa shape index (κ1) is 26.0. The van der Waals surface area contributed by atoms with Crippen molar-refractivity contribution in [3.63, 3.8) is 0 Å². The minimum atomic E-state index is -4.55. The van der Waals surface area contributed by atoms with Crippen LogP contribution >= 0.6 is 11.6 Å². The van der Waals surface area contributed by atoms with Gasteiger partial charge < -0.3 is 10.1 Å². The highest BCUT2D eigenvalue weighted by Crippen LogP contribution is 2.36. The van der Waals surface area contributed by atoms with Crippen molar-refractivity contribution < 1.29 is 22.7 Å². The van der Waals surface area contributed by atoms with E-state index in [9.17, 15) is 18.0 Å². The minimum Gasteiger partial charge on any atom is -0.495 e. The highest BCUT2D eigenvalue weighted by molar-refractivity contribution is 6.32. The Morgan fingerprint density at radius 2 is 1.72 bits per heavy atom. The minimum absolute atomic E-state index is 0.104. The zero-order chi connectivity index (χ0) is 27.6. The molecule has 0 spiro atoms. The molecule has 10 heteroatoms. The summed E-state index contributed by atoms with van der Waals surface area (Å²) in [7, 11) is 1.54. The molecule has 1 amide bonds. The predicted octanol–water partition coefficient (Wildman–Crippen LogP) is 7.53. The number of halogens is 4. The molecule has 0 atom stereocenters. The second kappa shape index (κ2) is 10.6. The van der Waals surface area contributed by atoms with Crippen molar-refractivity contribution in [2.75, 3.05) is 12.4 Å². The molecule has 2 heterocycles. The standard InChI is InChI=1S/C29H20ClF3N4O2/c1-39-26-9-8-19(15-25(26)30)27-24(18-10-12-34-13-11-18)17-37(36-27)23-7-3-6-22(16-23)35-28(38)20-4-2-5-21(14-20)29(31,32)33/h2-17H,1H3,(H,35,38). The lowest BCUT2D eigenvalue weighted by Gasteiger charge is -2.10. The molecule has 196 valence electrons. The van der Waals surface area contributed by atoms with Crippen molar-refractivity contribution in [2.24, 2.45) is 0 Å². The molecule has 39 heavy (non-hydrogen) atoms. The third-order valence-corrected chi connectivity index (χ3v) is 6.25. The molecule has 3 aromatic carbocycles. The first-order valence-electron chi connectivity index (χ1n) is 11.7. The van der Waals surface area contributed by atoms with E-state index in [0.717, 1.165) is 28.8 Å². The van der Waals surface area contributed by atoms with Gasteiger partial charge in [-0.15, -0.1) is 0 Å². The number of methoxy groups -OCH3 is 1. The van der Waals surface area contributed by atoms with Crippen molar-refractivity contribution in [3.05, 3.63) is 114 Å². The summed E-state index contributed by atoms with van der Waals surface area (Å²) < 4.78 is 46.2. The van der Waals surface area contributed by atoms with Crippen LogP contribution in [0.1, 0.15) is 15.9 Å². The molecule has 0 aliphatic carbocycles. The average Bonchev–Trinajstić information content (AvgIpc) is 3.39. The summed E-state index contributed by atoms with van der Waals surface area (Å²) in [5, 5.41) is 7.90. The van der Waals surface area contributed by atoms with Gasteiger partial charge >= 0.3 is 6.18 Å². The number of ether oxygens (including phenoxy) is 1. The molecule has 0 unspecified atom stereocenters. The number of aromatic nitrogens is 3. The number of benzene rings is 3. The molecule has 5 aromatic rings. The van der Waals surface area contributed by atoms with E-state index in [-0.39, 0.29) is 5.56 Å². The van der Waals surface area contributed by atoms with Gasteiger partial charge in [-0.1, -0.05) is 23.7 Å². The fraction of sp³-hybridized carbons (Fsp3) is 0.0690. The number of carbonyl (C=O) groups is 1. The van der Waals surface area contributed by atoms with E-state index in [0.29, 0.717) is 27.8 Å². The summed E-state index contributed by atoms with van der Waals surface area (Å²) in [5.74, 6) is -0.126. The largest absolute Gasteiger partial charge is 0.495 e. The van der Waals surface area contributed by atoms with Crippen molar-refractivity contribution >= 4 is 23.2 Å². The van der Waals surface area contributed by atoms with Gasteiger partial charge in [0.05, 0.1) is 23.4 Å². The van der Waals surface area contributed by atoms with Crippen LogP contribution in [0, 0.1) is 0 Å². The molecule has 0 saturated heterocycles. The maximum atomic E-state index is 13.1. The second-order valence-electron chi connectivity index (χ2n) is 8.50. The summed E-state index contributed by atoms with van der Waals surface area (Å²) in [4.78, 5) is 16.8. The Labute approximate surface area is 226 Å². The molecule has 6 nitrogen and oxygen atoms in total. The molecule has 0 fully saturated rings. The van der Waals surface area contributed by atoms with E-state index in [2.05, 4.69) is 10.3 Å². The number of anilines is 1. The number of nitrogens with zero attached hydrogens (tertiary/aromatic N) is 3. The third kappa shape index (κ3) is 5.63. The van der Waals surface area contributed by atoms with Crippen molar-refractivity contribution in [1.82, 2.24) is 14.8 Å². The zero-order valence-corrected chi connectivity index (χ0v) is 21.2. The van der Waals surface area contributed by atoms with Crippen LogP contribution in [-0.2, 0) is 6.18 Å². The van der Waals surface area contributed by atoms with Gasteiger partial charge in [0.15, 0.2) is 0 Å². The fourth-order valence-corrected chi connectivity index (χ4v) is 4.30. The lowest BCUT2D eigenvalue weighted by atomic mass is 10.0. The summed E-state index contributed by atoms with van der Waals surface area (Å²) in [6.45, 7) is 0. The first-order valence-corrected chi connectivity index (χ1v) is 12.0. The lowest BCUT2D eigenvalue weighted by molar-refractivity contribution is -0.137. The smallest absolute Gasteiger partial charge is 0.416 e. The Hall–Kier alpha value is -4.63. The van der Waals surface area contributed by atoms with Crippen molar-refractivity contribution in [3.8, 4) is 33.8 Å². The van der Waals surface area contributed by atoms with E-state index in [1.807, 2.05) is 24.4 Å². The number of hydrogen-bond acceptors (Lipinski definition) is 4. The van der Waals surface area contributed by atoms with Crippen LogP contribution in [0.25, 0.3) is 28.1 Å². The van der Waals surface area contributed by atoms with Crippen LogP contribution in [0.4, 0.5) is 18.9 Å². The van der Waals surface area contributed by atoms with Gasteiger partial charge in [0.25, 0.3) is 5.91 Å². The Morgan fingerprint density at radius 3 is 2.44 bits per heavy atom. The number of pyridine rings is 1. The second-order valence-corrected chi connectivity index (χ2v) is 8.91. The van der Waals surface area contributed by atoms with E-state index < -0.39 is 17.6 Å². The van der Waals surface area contributed by atoms with Crippen LogP contribution in [0.15, 0.2) is 97.5 Å².